The third kappa shape index (κ3) is 12.3. The van der Waals surface area contributed by atoms with E-state index in [0.29, 0.717) is 12.3 Å². The fourth-order valence-electron chi connectivity index (χ4n) is 3.37. The number of Topliss-reactive ketones (excluding diaryl/α,β-unsaturated/α-hetero) is 1. The van der Waals surface area contributed by atoms with Gasteiger partial charge in [-0.1, -0.05) is 58.1 Å². The number of aliphatic carboxylic acids is 1. The Morgan fingerprint density at radius 3 is 1.87 bits per heavy atom. The summed E-state index contributed by atoms with van der Waals surface area (Å²) in [4.78, 5) is 22.7. The van der Waals surface area contributed by atoms with Gasteiger partial charge in [-0.15, -0.1) is 0 Å². The molecule has 0 aromatic rings. The van der Waals surface area contributed by atoms with Crippen LogP contribution in [0.15, 0.2) is 11.6 Å². The molecule has 0 amide bonds. The van der Waals surface area contributed by atoms with Crippen molar-refractivity contribution in [2.75, 3.05) is 0 Å². The van der Waals surface area contributed by atoms with Crippen molar-refractivity contribution < 1.29 is 40.2 Å². The summed E-state index contributed by atoms with van der Waals surface area (Å²) in [5.41, 5.74) is 1.14. The van der Waals surface area contributed by atoms with Crippen LogP contribution in [-0.2, 0) is 9.59 Å². The van der Waals surface area contributed by atoms with Crippen LogP contribution in [0, 0.1) is 11.8 Å². The third-order valence-corrected chi connectivity index (χ3v) is 5.56. The fourth-order valence-corrected chi connectivity index (χ4v) is 3.37. The zero-order valence-corrected chi connectivity index (χ0v) is 19.3. The van der Waals surface area contributed by atoms with Gasteiger partial charge in [-0.2, -0.15) is 0 Å². The van der Waals surface area contributed by atoms with E-state index in [1.165, 1.54) is 19.3 Å². The van der Waals surface area contributed by atoms with Gasteiger partial charge in [0.15, 0.2) is 11.9 Å². The number of carbonyl (C=O) groups is 2. The van der Waals surface area contributed by atoms with Gasteiger partial charge in [0, 0.05) is 6.42 Å². The molecule has 6 N–H and O–H groups in total. The van der Waals surface area contributed by atoms with E-state index in [1.54, 1.807) is 0 Å². The highest BCUT2D eigenvalue weighted by Crippen LogP contribution is 2.19. The fraction of sp³-hybridized carbons (Fsp3) is 0.826. The van der Waals surface area contributed by atoms with Crippen molar-refractivity contribution in [1.29, 1.82) is 0 Å². The van der Waals surface area contributed by atoms with E-state index in [2.05, 4.69) is 20.8 Å². The van der Waals surface area contributed by atoms with E-state index in [4.69, 9.17) is 5.11 Å². The number of aliphatic hydroxyl groups is 5. The molecule has 0 rings (SSSR count). The number of ketones is 1. The second-order valence-electron chi connectivity index (χ2n) is 9.08. The molecule has 2 unspecified atom stereocenters. The van der Waals surface area contributed by atoms with Crippen molar-refractivity contribution in [1.82, 2.24) is 0 Å². The number of carboxylic acids is 1. The lowest BCUT2D eigenvalue weighted by Gasteiger charge is -2.27. The number of carbonyl (C=O) groups excluding carboxylic acids is 1. The number of allylic oxidation sites excluding steroid dienone is 2. The maximum atomic E-state index is 12.0. The average Bonchev–Trinajstić information content (AvgIpc) is 2.70. The Morgan fingerprint density at radius 1 is 0.774 bits per heavy atom. The summed E-state index contributed by atoms with van der Waals surface area (Å²) in [6.45, 7) is 8.72. The van der Waals surface area contributed by atoms with Gasteiger partial charge >= 0.3 is 5.97 Å². The molecule has 8 nitrogen and oxygen atoms in total. The molecular formula is C23H42O8. The topological polar surface area (TPSA) is 156 Å². The van der Waals surface area contributed by atoms with E-state index in [0.717, 1.165) is 30.8 Å². The van der Waals surface area contributed by atoms with Crippen LogP contribution in [0.25, 0.3) is 0 Å². The molecule has 0 saturated heterocycles. The van der Waals surface area contributed by atoms with Crippen LogP contribution in [-0.4, -0.2) is 72.9 Å². The Kier molecular flexibility index (Phi) is 14.8. The van der Waals surface area contributed by atoms with Crippen LogP contribution in [0.1, 0.15) is 79.1 Å². The minimum atomic E-state index is -2.35. The van der Waals surface area contributed by atoms with E-state index in [9.17, 15) is 35.1 Å². The number of hydrogen-bond acceptors (Lipinski definition) is 7. The largest absolute Gasteiger partial charge is 0.479 e. The lowest BCUT2D eigenvalue weighted by atomic mass is 9.94. The number of carboxylic acid groups (broad SMARTS) is 1. The van der Waals surface area contributed by atoms with Gasteiger partial charge < -0.3 is 30.6 Å². The van der Waals surface area contributed by atoms with Crippen molar-refractivity contribution in [3.63, 3.8) is 0 Å². The third-order valence-electron chi connectivity index (χ3n) is 5.56. The first-order valence-corrected chi connectivity index (χ1v) is 11.2. The summed E-state index contributed by atoms with van der Waals surface area (Å²) < 4.78 is 0. The molecule has 0 aromatic carbocycles. The molecule has 6 atom stereocenters. The number of aliphatic hydroxyl groups excluding tert-OH is 5. The van der Waals surface area contributed by atoms with Crippen LogP contribution >= 0.6 is 0 Å². The summed E-state index contributed by atoms with van der Waals surface area (Å²) in [6, 6.07) is 0. The molecule has 0 spiro atoms. The molecule has 8 heteroatoms. The summed E-state index contributed by atoms with van der Waals surface area (Å²) >= 11 is 0. The smallest absolute Gasteiger partial charge is 0.335 e. The van der Waals surface area contributed by atoms with Crippen molar-refractivity contribution in [3.05, 3.63) is 11.6 Å². The second-order valence-corrected chi connectivity index (χ2v) is 9.08. The average molecular weight is 447 g/mol. The summed E-state index contributed by atoms with van der Waals surface area (Å²) in [7, 11) is 0. The van der Waals surface area contributed by atoms with Crippen molar-refractivity contribution >= 4 is 11.8 Å². The molecule has 0 heterocycles. The molecule has 0 fully saturated rings. The lowest BCUT2D eigenvalue weighted by molar-refractivity contribution is -0.169. The Labute approximate surface area is 185 Å². The minimum Gasteiger partial charge on any atom is -0.479 e. The Hall–Kier alpha value is -1.32. The normalized spacial score (nSPS) is 18.3. The predicted molar refractivity (Wildman–Crippen MR) is 117 cm³/mol. The monoisotopic (exact) mass is 446 g/mol. The lowest BCUT2D eigenvalue weighted by Crippen LogP contribution is -2.52. The zero-order valence-electron chi connectivity index (χ0n) is 19.3. The standard InChI is InChI=1S/C23H42O8/c1-14(2)8-5-9-15(3)10-6-11-16(4)12-7-13-17(24)18(25)19(26)20(27)21(28)22(29)23(30)31/h12,14-15,18-22,25-29H,5-11,13H2,1-4H3,(H,30,31)/t15?,18?,19-,20+,21-,22-/m0/s1. The predicted octanol–water partition coefficient (Wildman–Crippen LogP) is 1.80. The molecule has 0 aromatic heterocycles. The van der Waals surface area contributed by atoms with Gasteiger partial charge in [0.05, 0.1) is 0 Å². The maximum Gasteiger partial charge on any atom is 0.335 e. The molecule has 31 heavy (non-hydrogen) atoms. The zero-order chi connectivity index (χ0) is 24.1. The number of rotatable bonds is 17. The van der Waals surface area contributed by atoms with E-state index >= 15 is 0 Å². The highest BCUT2D eigenvalue weighted by Gasteiger charge is 2.39. The van der Waals surface area contributed by atoms with Crippen LogP contribution in [0.4, 0.5) is 0 Å². The molecule has 0 aliphatic heterocycles. The first kappa shape index (κ1) is 29.7. The van der Waals surface area contributed by atoms with Gasteiger partial charge in [0.25, 0.3) is 0 Å². The van der Waals surface area contributed by atoms with Gasteiger partial charge in [-0.3, -0.25) is 4.79 Å². The highest BCUT2D eigenvalue weighted by molar-refractivity contribution is 5.83. The van der Waals surface area contributed by atoms with Crippen LogP contribution in [0.5, 0.6) is 0 Å². The van der Waals surface area contributed by atoms with Crippen molar-refractivity contribution in [3.8, 4) is 0 Å². The molecule has 0 saturated carbocycles. The molecular weight excluding hydrogens is 404 g/mol. The second kappa shape index (κ2) is 15.5. The molecule has 0 aliphatic carbocycles. The van der Waals surface area contributed by atoms with Gasteiger partial charge in [-0.25, -0.2) is 4.79 Å². The SMILES string of the molecule is CC(=CCCC(=O)C(O)[C@H](O)[C@@H](O)[C@H](O)[C@H](O)C(=O)O)CCCC(C)CCCC(C)C. The van der Waals surface area contributed by atoms with Crippen LogP contribution in [0.3, 0.4) is 0 Å². The van der Waals surface area contributed by atoms with Gasteiger partial charge in [0.2, 0.25) is 0 Å². The molecule has 182 valence electrons. The van der Waals surface area contributed by atoms with Crippen molar-refractivity contribution in [2.24, 2.45) is 11.8 Å². The number of hydrogen-bond donors (Lipinski definition) is 6. The van der Waals surface area contributed by atoms with E-state index in [-0.39, 0.29) is 6.42 Å². The molecule has 0 aliphatic rings. The maximum absolute atomic E-state index is 12.0. The van der Waals surface area contributed by atoms with Gasteiger partial charge in [0.1, 0.15) is 24.4 Å². The molecule has 0 bridgehead atoms. The Morgan fingerprint density at radius 2 is 1.32 bits per heavy atom. The van der Waals surface area contributed by atoms with Crippen LogP contribution in [0.2, 0.25) is 0 Å². The minimum absolute atomic E-state index is 0.0779. The molecule has 0 radical (unpaired) electrons. The first-order valence-electron chi connectivity index (χ1n) is 11.2. The van der Waals surface area contributed by atoms with Crippen LogP contribution < -0.4 is 0 Å². The quantitative estimate of drug-likeness (QED) is 0.185. The van der Waals surface area contributed by atoms with Crippen molar-refractivity contribution in [2.45, 2.75) is 110 Å². The van der Waals surface area contributed by atoms with Gasteiger partial charge in [-0.05, 0) is 38.0 Å². The summed E-state index contributed by atoms with van der Waals surface area (Å²) in [5.74, 6) is -1.12. The van der Waals surface area contributed by atoms with E-state index in [1.807, 2.05) is 13.0 Å². The summed E-state index contributed by atoms with van der Waals surface area (Å²) in [6.07, 6.45) is -1.83. The van der Waals surface area contributed by atoms with E-state index < -0.39 is 42.3 Å². The Bertz CT molecular complexity index is 560. The Balaban J connectivity index is 4.31. The summed E-state index contributed by atoms with van der Waals surface area (Å²) in [5, 5.41) is 56.8. The highest BCUT2D eigenvalue weighted by atomic mass is 16.4. The first-order chi connectivity index (χ1) is 14.4.